The van der Waals surface area contributed by atoms with Crippen molar-refractivity contribution in [3.63, 3.8) is 0 Å². The molecular weight excluding hydrogens is 431 g/mol. The summed E-state index contributed by atoms with van der Waals surface area (Å²) >= 11 is 0. The van der Waals surface area contributed by atoms with Crippen molar-refractivity contribution in [1.82, 2.24) is 10.7 Å². The number of hydrogen-bond donors (Lipinski definition) is 3. The molecule has 2 rings (SSSR count). The largest absolute Gasteiger partial charge is 0.483 e. The van der Waals surface area contributed by atoms with Crippen LogP contribution in [-0.4, -0.2) is 49.8 Å². The molecule has 0 saturated heterocycles. The highest BCUT2D eigenvalue weighted by Gasteiger charge is 2.12. The second kappa shape index (κ2) is 13.6. The number of benzene rings is 2. The SMILES string of the molecule is CC(C)OCCCNC(=O)C(=O)N/N=C\c1ccccc1OCC(=O)Nc1ccc(F)cc1. The van der Waals surface area contributed by atoms with Gasteiger partial charge in [0.15, 0.2) is 6.61 Å². The first kappa shape index (κ1) is 25.5. The maximum atomic E-state index is 12.9. The van der Waals surface area contributed by atoms with Crippen LogP contribution in [0.15, 0.2) is 53.6 Å². The first-order valence-corrected chi connectivity index (χ1v) is 10.3. The van der Waals surface area contributed by atoms with Gasteiger partial charge >= 0.3 is 11.8 Å². The standard InChI is InChI=1S/C23H27FN4O5/c1-16(2)32-13-5-12-25-22(30)23(31)28-26-14-17-6-3-4-7-20(17)33-15-21(29)27-19-10-8-18(24)9-11-19/h3-4,6-11,14,16H,5,12-13,15H2,1-2H3,(H,25,30)(H,27,29)(H,28,31)/b26-14-. The summed E-state index contributed by atoms with van der Waals surface area (Å²) in [5.41, 5.74) is 3.06. The summed E-state index contributed by atoms with van der Waals surface area (Å²) in [6, 6.07) is 12.1. The van der Waals surface area contributed by atoms with Gasteiger partial charge < -0.3 is 20.1 Å². The van der Waals surface area contributed by atoms with E-state index >= 15 is 0 Å². The number of rotatable bonds is 11. The highest BCUT2D eigenvalue weighted by molar-refractivity contribution is 6.35. The van der Waals surface area contributed by atoms with Gasteiger partial charge in [-0.3, -0.25) is 14.4 Å². The summed E-state index contributed by atoms with van der Waals surface area (Å²) in [5.74, 6) is -2.21. The van der Waals surface area contributed by atoms with Crippen molar-refractivity contribution < 1.29 is 28.2 Å². The van der Waals surface area contributed by atoms with Crippen LogP contribution in [0.1, 0.15) is 25.8 Å². The van der Waals surface area contributed by atoms with Crippen molar-refractivity contribution in [1.29, 1.82) is 0 Å². The van der Waals surface area contributed by atoms with Crippen molar-refractivity contribution in [2.24, 2.45) is 5.10 Å². The average molecular weight is 458 g/mol. The van der Waals surface area contributed by atoms with Gasteiger partial charge in [0.2, 0.25) is 0 Å². The van der Waals surface area contributed by atoms with Crippen LogP contribution in [0.4, 0.5) is 10.1 Å². The summed E-state index contributed by atoms with van der Waals surface area (Å²) in [7, 11) is 0. The Morgan fingerprint density at radius 2 is 1.79 bits per heavy atom. The number of anilines is 1. The molecule has 10 heteroatoms. The number of para-hydroxylation sites is 1. The first-order valence-electron chi connectivity index (χ1n) is 10.3. The summed E-state index contributed by atoms with van der Waals surface area (Å²) in [4.78, 5) is 35.6. The summed E-state index contributed by atoms with van der Waals surface area (Å²) in [5, 5.41) is 8.83. The quantitative estimate of drug-likeness (QED) is 0.207. The van der Waals surface area contributed by atoms with Crippen molar-refractivity contribution in [3.05, 3.63) is 59.9 Å². The van der Waals surface area contributed by atoms with Gasteiger partial charge in [-0.1, -0.05) is 12.1 Å². The highest BCUT2D eigenvalue weighted by atomic mass is 19.1. The Balaban J connectivity index is 1.79. The fraction of sp³-hybridized carbons (Fsp3) is 0.304. The Labute approximate surface area is 191 Å². The van der Waals surface area contributed by atoms with Gasteiger partial charge in [0.1, 0.15) is 11.6 Å². The second-order valence-electron chi connectivity index (χ2n) is 7.11. The Hall–Kier alpha value is -3.79. The zero-order valence-electron chi connectivity index (χ0n) is 18.5. The lowest BCUT2D eigenvalue weighted by Gasteiger charge is -2.09. The predicted octanol–water partition coefficient (Wildman–Crippen LogP) is 2.22. The van der Waals surface area contributed by atoms with Gasteiger partial charge in [0, 0.05) is 24.4 Å². The van der Waals surface area contributed by atoms with E-state index in [1.807, 2.05) is 13.8 Å². The van der Waals surface area contributed by atoms with Gasteiger partial charge in [-0.25, -0.2) is 9.82 Å². The molecule has 3 N–H and O–H groups in total. The molecule has 0 bridgehead atoms. The molecule has 0 fully saturated rings. The number of nitrogens with one attached hydrogen (secondary N) is 3. The highest BCUT2D eigenvalue weighted by Crippen LogP contribution is 2.16. The summed E-state index contributed by atoms with van der Waals surface area (Å²) in [6.07, 6.45) is 1.99. The summed E-state index contributed by atoms with van der Waals surface area (Å²) in [6.45, 7) is 4.32. The molecule has 0 aromatic heterocycles. The maximum absolute atomic E-state index is 12.9. The lowest BCUT2D eigenvalue weighted by atomic mass is 10.2. The molecule has 0 unspecified atom stereocenters. The third-order valence-corrected chi connectivity index (χ3v) is 4.04. The topological polar surface area (TPSA) is 118 Å². The van der Waals surface area contributed by atoms with Crippen molar-refractivity contribution in [2.45, 2.75) is 26.4 Å². The smallest absolute Gasteiger partial charge is 0.329 e. The van der Waals surface area contributed by atoms with E-state index in [-0.39, 0.29) is 12.7 Å². The molecule has 0 saturated carbocycles. The van der Waals surface area contributed by atoms with E-state index in [9.17, 15) is 18.8 Å². The van der Waals surface area contributed by atoms with E-state index in [1.54, 1.807) is 24.3 Å². The van der Waals surface area contributed by atoms with E-state index < -0.39 is 23.5 Å². The van der Waals surface area contributed by atoms with Crippen LogP contribution in [0.3, 0.4) is 0 Å². The van der Waals surface area contributed by atoms with E-state index in [0.717, 1.165) is 0 Å². The van der Waals surface area contributed by atoms with Gasteiger partial charge in [-0.2, -0.15) is 5.10 Å². The van der Waals surface area contributed by atoms with Gasteiger partial charge in [0.25, 0.3) is 5.91 Å². The van der Waals surface area contributed by atoms with Crippen LogP contribution in [-0.2, 0) is 19.1 Å². The number of ether oxygens (including phenoxy) is 2. The normalized spacial score (nSPS) is 10.8. The monoisotopic (exact) mass is 458 g/mol. The molecule has 9 nitrogen and oxygen atoms in total. The van der Waals surface area contributed by atoms with Gasteiger partial charge in [0.05, 0.1) is 12.3 Å². The number of carbonyl (C=O) groups excluding carboxylic acids is 3. The maximum Gasteiger partial charge on any atom is 0.329 e. The van der Waals surface area contributed by atoms with Crippen LogP contribution < -0.4 is 20.8 Å². The van der Waals surface area contributed by atoms with Crippen LogP contribution in [0.2, 0.25) is 0 Å². The fourth-order valence-electron chi connectivity index (χ4n) is 2.48. The number of halogens is 1. The second-order valence-corrected chi connectivity index (χ2v) is 7.11. The van der Waals surface area contributed by atoms with Crippen LogP contribution in [0.25, 0.3) is 0 Å². The molecule has 0 aliphatic heterocycles. The lowest BCUT2D eigenvalue weighted by Crippen LogP contribution is -2.38. The Kier molecular flexibility index (Phi) is 10.5. The molecule has 0 spiro atoms. The molecule has 2 aromatic rings. The zero-order valence-corrected chi connectivity index (χ0v) is 18.5. The molecule has 2 aromatic carbocycles. The van der Waals surface area contributed by atoms with E-state index in [0.29, 0.717) is 36.6 Å². The molecule has 176 valence electrons. The van der Waals surface area contributed by atoms with Gasteiger partial charge in [-0.05, 0) is 56.7 Å². The van der Waals surface area contributed by atoms with Crippen molar-refractivity contribution in [3.8, 4) is 5.75 Å². The first-order chi connectivity index (χ1) is 15.8. The fourth-order valence-corrected chi connectivity index (χ4v) is 2.48. The molecule has 0 aliphatic carbocycles. The minimum atomic E-state index is -0.909. The average Bonchev–Trinajstić information content (AvgIpc) is 2.79. The van der Waals surface area contributed by atoms with E-state index in [4.69, 9.17) is 9.47 Å². The van der Waals surface area contributed by atoms with Crippen LogP contribution in [0, 0.1) is 5.82 Å². The van der Waals surface area contributed by atoms with Gasteiger partial charge in [-0.15, -0.1) is 0 Å². The zero-order chi connectivity index (χ0) is 24.1. The Morgan fingerprint density at radius 1 is 1.06 bits per heavy atom. The molecule has 0 atom stereocenters. The lowest BCUT2D eigenvalue weighted by molar-refractivity contribution is -0.139. The van der Waals surface area contributed by atoms with Crippen LogP contribution >= 0.6 is 0 Å². The molecule has 0 radical (unpaired) electrons. The molecule has 3 amide bonds. The number of amides is 3. The number of nitrogens with zero attached hydrogens (tertiary/aromatic N) is 1. The molecule has 33 heavy (non-hydrogen) atoms. The minimum Gasteiger partial charge on any atom is -0.483 e. The third-order valence-electron chi connectivity index (χ3n) is 4.04. The Bertz CT molecular complexity index is 964. The predicted molar refractivity (Wildman–Crippen MR) is 121 cm³/mol. The number of hydrazone groups is 1. The molecule has 0 aliphatic rings. The molecular formula is C23H27FN4O5. The number of hydrogen-bond acceptors (Lipinski definition) is 6. The third kappa shape index (κ3) is 9.92. The van der Waals surface area contributed by atoms with E-state index in [2.05, 4.69) is 21.2 Å². The van der Waals surface area contributed by atoms with E-state index in [1.165, 1.54) is 30.5 Å². The number of carbonyl (C=O) groups is 3. The summed E-state index contributed by atoms with van der Waals surface area (Å²) < 4.78 is 23.8. The van der Waals surface area contributed by atoms with Crippen molar-refractivity contribution in [2.75, 3.05) is 25.1 Å². The van der Waals surface area contributed by atoms with Crippen molar-refractivity contribution >= 4 is 29.6 Å². The van der Waals surface area contributed by atoms with Crippen LogP contribution in [0.5, 0.6) is 5.75 Å². The minimum absolute atomic E-state index is 0.106. The molecule has 0 heterocycles. The Morgan fingerprint density at radius 3 is 2.52 bits per heavy atom.